The van der Waals surface area contributed by atoms with Crippen molar-refractivity contribution in [2.75, 3.05) is 11.5 Å². The molecule has 1 aromatic carbocycles. The highest BCUT2D eigenvalue weighted by Gasteiger charge is 2.23. The highest BCUT2D eigenvalue weighted by Crippen LogP contribution is 2.22. The summed E-state index contributed by atoms with van der Waals surface area (Å²) < 4.78 is 22.7. The van der Waals surface area contributed by atoms with Crippen LogP contribution in [0.15, 0.2) is 24.3 Å². The summed E-state index contributed by atoms with van der Waals surface area (Å²) in [5, 5.41) is 3.47. The fourth-order valence-electron chi connectivity index (χ4n) is 2.48. The first kappa shape index (κ1) is 15.5. The van der Waals surface area contributed by atoms with Crippen LogP contribution in [-0.2, 0) is 21.8 Å². The Bertz CT molecular complexity index is 527. The van der Waals surface area contributed by atoms with Crippen LogP contribution in [-0.4, -0.2) is 26.0 Å². The fraction of sp³-hybridized carbons (Fsp3) is 0.625. The van der Waals surface area contributed by atoms with Gasteiger partial charge in [0.25, 0.3) is 0 Å². The second kappa shape index (κ2) is 5.86. The molecule has 0 amide bonds. The largest absolute Gasteiger partial charge is 0.310 e. The average molecular weight is 295 g/mol. The fourth-order valence-corrected chi connectivity index (χ4v) is 3.97. The van der Waals surface area contributed by atoms with E-state index in [1.165, 1.54) is 11.1 Å². The van der Waals surface area contributed by atoms with Gasteiger partial charge in [0.2, 0.25) is 0 Å². The van der Waals surface area contributed by atoms with Gasteiger partial charge >= 0.3 is 0 Å². The minimum Gasteiger partial charge on any atom is -0.310 e. The lowest BCUT2D eigenvalue weighted by atomic mass is 9.87. The maximum absolute atomic E-state index is 11.4. The second-order valence-corrected chi connectivity index (χ2v) is 9.06. The summed E-state index contributed by atoms with van der Waals surface area (Å²) in [5.41, 5.74) is 2.78. The third kappa shape index (κ3) is 4.32. The third-order valence-electron chi connectivity index (χ3n) is 3.97. The highest BCUT2D eigenvalue weighted by molar-refractivity contribution is 7.91. The maximum Gasteiger partial charge on any atom is 0.150 e. The van der Waals surface area contributed by atoms with Crippen LogP contribution in [0.5, 0.6) is 0 Å². The summed E-state index contributed by atoms with van der Waals surface area (Å²) in [6, 6.07) is 9.02. The van der Waals surface area contributed by atoms with Gasteiger partial charge in [0.05, 0.1) is 11.5 Å². The van der Waals surface area contributed by atoms with Crippen LogP contribution in [0.3, 0.4) is 0 Å². The molecule has 0 aromatic heterocycles. The Labute approximate surface area is 122 Å². The van der Waals surface area contributed by atoms with E-state index in [4.69, 9.17) is 0 Å². The molecule has 1 heterocycles. The normalized spacial score (nSPS) is 19.9. The molecule has 0 radical (unpaired) electrons. The minimum absolute atomic E-state index is 0.184. The van der Waals surface area contributed by atoms with Crippen LogP contribution in [0.25, 0.3) is 0 Å². The number of sulfone groups is 1. The Balaban J connectivity index is 1.86. The number of benzene rings is 1. The second-order valence-electron chi connectivity index (χ2n) is 6.75. The van der Waals surface area contributed by atoms with Gasteiger partial charge in [-0.25, -0.2) is 8.42 Å². The standard InChI is InChI=1S/C16H25NO2S/c1-16(2,3)14-6-4-13(5-7-14)12-17-15-8-10-20(18,19)11-9-15/h4-7,15,17H,8-12H2,1-3H3. The minimum atomic E-state index is -2.76. The molecule has 0 saturated carbocycles. The predicted molar refractivity (Wildman–Crippen MR) is 83.7 cm³/mol. The molecule has 1 aliphatic rings. The molecule has 0 bridgehead atoms. The Morgan fingerprint density at radius 2 is 1.65 bits per heavy atom. The van der Waals surface area contributed by atoms with Gasteiger partial charge in [-0.2, -0.15) is 0 Å². The van der Waals surface area contributed by atoms with E-state index in [1.807, 2.05) is 0 Å². The van der Waals surface area contributed by atoms with E-state index in [9.17, 15) is 8.42 Å². The lowest BCUT2D eigenvalue weighted by molar-refractivity contribution is 0.463. The van der Waals surface area contributed by atoms with E-state index in [1.54, 1.807) is 0 Å². The molecule has 112 valence electrons. The van der Waals surface area contributed by atoms with Gasteiger partial charge in [-0.15, -0.1) is 0 Å². The van der Waals surface area contributed by atoms with Gasteiger partial charge in [0.1, 0.15) is 9.84 Å². The number of nitrogens with one attached hydrogen (secondary N) is 1. The van der Waals surface area contributed by atoms with Crippen LogP contribution >= 0.6 is 0 Å². The van der Waals surface area contributed by atoms with Gasteiger partial charge in [0.15, 0.2) is 0 Å². The first-order valence-electron chi connectivity index (χ1n) is 7.29. The van der Waals surface area contributed by atoms with Crippen LogP contribution in [0.1, 0.15) is 44.7 Å². The summed E-state index contributed by atoms with van der Waals surface area (Å²) in [5.74, 6) is 0.654. The summed E-state index contributed by atoms with van der Waals surface area (Å²) >= 11 is 0. The van der Waals surface area contributed by atoms with Crippen molar-refractivity contribution in [2.45, 2.75) is 51.6 Å². The number of hydrogen-bond acceptors (Lipinski definition) is 3. The average Bonchev–Trinajstić information content (AvgIpc) is 2.37. The monoisotopic (exact) mass is 295 g/mol. The van der Waals surface area contributed by atoms with E-state index < -0.39 is 9.84 Å². The number of rotatable bonds is 3. The molecule has 0 spiro atoms. The van der Waals surface area contributed by atoms with Crippen LogP contribution in [0.4, 0.5) is 0 Å². The van der Waals surface area contributed by atoms with E-state index in [0.29, 0.717) is 17.5 Å². The Morgan fingerprint density at radius 3 is 2.15 bits per heavy atom. The quantitative estimate of drug-likeness (QED) is 0.932. The lowest BCUT2D eigenvalue weighted by Crippen LogP contribution is -2.37. The smallest absolute Gasteiger partial charge is 0.150 e. The van der Waals surface area contributed by atoms with Crippen molar-refractivity contribution in [1.82, 2.24) is 5.32 Å². The Hall–Kier alpha value is -0.870. The van der Waals surface area contributed by atoms with Gasteiger partial charge in [-0.1, -0.05) is 45.0 Å². The van der Waals surface area contributed by atoms with Crippen molar-refractivity contribution in [1.29, 1.82) is 0 Å². The molecule has 20 heavy (non-hydrogen) atoms. The van der Waals surface area contributed by atoms with Crippen molar-refractivity contribution < 1.29 is 8.42 Å². The third-order valence-corrected chi connectivity index (χ3v) is 5.68. The SMILES string of the molecule is CC(C)(C)c1ccc(CNC2CCS(=O)(=O)CC2)cc1. The first-order chi connectivity index (χ1) is 9.26. The van der Waals surface area contributed by atoms with Crippen molar-refractivity contribution in [3.63, 3.8) is 0 Å². The molecule has 1 aromatic rings. The molecule has 1 N–H and O–H groups in total. The molecule has 1 saturated heterocycles. The molecule has 1 fully saturated rings. The predicted octanol–water partition coefficient (Wildman–Crippen LogP) is 2.65. The van der Waals surface area contributed by atoms with E-state index >= 15 is 0 Å². The van der Waals surface area contributed by atoms with Crippen molar-refractivity contribution in [2.24, 2.45) is 0 Å². The summed E-state index contributed by atoms with van der Waals surface area (Å²) in [6.45, 7) is 7.45. The molecule has 0 aliphatic carbocycles. The number of hydrogen-bond donors (Lipinski definition) is 1. The van der Waals surface area contributed by atoms with Crippen molar-refractivity contribution in [3.05, 3.63) is 35.4 Å². The zero-order valence-corrected chi connectivity index (χ0v) is 13.5. The molecular formula is C16H25NO2S. The van der Waals surface area contributed by atoms with E-state index in [-0.39, 0.29) is 5.41 Å². The molecule has 2 rings (SSSR count). The Kier molecular flexibility index (Phi) is 4.55. The van der Waals surface area contributed by atoms with E-state index in [0.717, 1.165) is 19.4 Å². The molecule has 3 nitrogen and oxygen atoms in total. The van der Waals surface area contributed by atoms with Gasteiger partial charge in [-0.05, 0) is 29.4 Å². The van der Waals surface area contributed by atoms with Gasteiger partial charge < -0.3 is 5.32 Å². The Morgan fingerprint density at radius 1 is 1.10 bits per heavy atom. The molecule has 0 unspecified atom stereocenters. The van der Waals surface area contributed by atoms with Gasteiger partial charge in [0, 0.05) is 12.6 Å². The first-order valence-corrected chi connectivity index (χ1v) is 9.12. The van der Waals surface area contributed by atoms with E-state index in [2.05, 4.69) is 50.4 Å². The lowest BCUT2D eigenvalue weighted by Gasteiger charge is -2.23. The maximum atomic E-state index is 11.4. The van der Waals surface area contributed by atoms with Crippen molar-refractivity contribution >= 4 is 9.84 Å². The van der Waals surface area contributed by atoms with Crippen LogP contribution in [0, 0.1) is 0 Å². The topological polar surface area (TPSA) is 46.2 Å². The molecule has 4 heteroatoms. The summed E-state index contributed by atoms with van der Waals surface area (Å²) in [6.07, 6.45) is 1.48. The molecular weight excluding hydrogens is 270 g/mol. The van der Waals surface area contributed by atoms with Crippen molar-refractivity contribution in [3.8, 4) is 0 Å². The van der Waals surface area contributed by atoms with Crippen LogP contribution in [0.2, 0.25) is 0 Å². The molecule has 0 atom stereocenters. The van der Waals surface area contributed by atoms with Crippen LogP contribution < -0.4 is 5.32 Å². The summed E-state index contributed by atoms with van der Waals surface area (Å²) in [7, 11) is -2.76. The zero-order chi connectivity index (χ0) is 14.8. The van der Waals surface area contributed by atoms with Gasteiger partial charge in [-0.3, -0.25) is 0 Å². The molecule has 1 aliphatic heterocycles. The zero-order valence-electron chi connectivity index (χ0n) is 12.6. The highest BCUT2D eigenvalue weighted by atomic mass is 32.2. The summed E-state index contributed by atoms with van der Waals surface area (Å²) in [4.78, 5) is 0.